The van der Waals surface area contributed by atoms with Crippen LogP contribution in [-0.4, -0.2) is 6.73 Å². The largest absolute Gasteiger partial charge is 0.364 e. The van der Waals surface area contributed by atoms with Gasteiger partial charge in [0.2, 0.25) is 0 Å². The van der Waals surface area contributed by atoms with Crippen LogP contribution in [0, 0.1) is 7.11 Å². The van der Waals surface area contributed by atoms with Crippen molar-refractivity contribution in [2.24, 2.45) is 0 Å². The molecule has 0 aliphatic carbocycles. The summed E-state index contributed by atoms with van der Waals surface area (Å²) < 4.78 is 4.60. The maximum absolute atomic E-state index is 4.60. The van der Waals surface area contributed by atoms with Gasteiger partial charge in [-0.2, -0.15) is 0 Å². The molecule has 2 nitrogen and oxygen atoms in total. The van der Waals surface area contributed by atoms with E-state index in [2.05, 4.69) is 29.3 Å². The summed E-state index contributed by atoms with van der Waals surface area (Å²) in [7, 11) is 3.25. The zero-order valence-corrected chi connectivity index (χ0v) is 6.42. The van der Waals surface area contributed by atoms with Gasteiger partial charge in [-0.15, -0.1) is 0 Å². The molecule has 0 saturated carbocycles. The molecule has 1 aromatic carbocycles. The third-order valence-corrected chi connectivity index (χ3v) is 1.38. The Balaban J connectivity index is 2.28. The minimum atomic E-state index is 0.495. The highest BCUT2D eigenvalue weighted by atomic mass is 16.5. The lowest BCUT2D eigenvalue weighted by atomic mass is 10.2. The smallest absolute Gasteiger partial charge is 0.0969 e. The van der Waals surface area contributed by atoms with Gasteiger partial charge in [0.1, 0.15) is 0 Å². The van der Waals surface area contributed by atoms with E-state index < -0.39 is 0 Å². The van der Waals surface area contributed by atoms with E-state index in [0.29, 0.717) is 6.73 Å². The molecule has 0 amide bonds. The third kappa shape index (κ3) is 3.16. The molecule has 0 unspecified atom stereocenters. The second kappa shape index (κ2) is 4.88. The summed E-state index contributed by atoms with van der Waals surface area (Å²) in [6.45, 7) is 1.32. The normalized spacial score (nSPS) is 9.91. The Hall–Kier alpha value is -0.860. The molecule has 1 radical (unpaired) electrons. The molecule has 0 spiro atoms. The number of benzene rings is 1. The fourth-order valence-electron chi connectivity index (χ4n) is 0.863. The molecule has 0 atom stereocenters. The van der Waals surface area contributed by atoms with Gasteiger partial charge in [-0.3, -0.25) is 5.32 Å². The van der Waals surface area contributed by atoms with Crippen LogP contribution in [0.2, 0.25) is 0 Å². The minimum Gasteiger partial charge on any atom is -0.364 e. The first-order chi connectivity index (χ1) is 5.43. The van der Waals surface area contributed by atoms with Crippen molar-refractivity contribution < 1.29 is 4.74 Å². The highest BCUT2D eigenvalue weighted by molar-refractivity contribution is 5.13. The topological polar surface area (TPSA) is 21.3 Å². The van der Waals surface area contributed by atoms with Gasteiger partial charge < -0.3 is 4.74 Å². The minimum absolute atomic E-state index is 0.495. The Morgan fingerprint density at radius 1 is 1.27 bits per heavy atom. The predicted molar refractivity (Wildman–Crippen MR) is 44.6 cm³/mol. The Labute approximate surface area is 67.2 Å². The van der Waals surface area contributed by atoms with E-state index in [1.807, 2.05) is 18.2 Å². The molecule has 0 fully saturated rings. The molecule has 59 valence electrons. The van der Waals surface area contributed by atoms with E-state index in [1.165, 1.54) is 5.56 Å². The first-order valence-electron chi connectivity index (χ1n) is 3.55. The molecule has 1 rings (SSSR count). The summed E-state index contributed by atoms with van der Waals surface area (Å²) in [4.78, 5) is 0. The third-order valence-electron chi connectivity index (χ3n) is 1.38. The van der Waals surface area contributed by atoms with Crippen LogP contribution in [-0.2, 0) is 11.3 Å². The first kappa shape index (κ1) is 8.24. The van der Waals surface area contributed by atoms with Gasteiger partial charge >= 0.3 is 0 Å². The quantitative estimate of drug-likeness (QED) is 0.519. The van der Waals surface area contributed by atoms with Gasteiger partial charge in [-0.25, -0.2) is 0 Å². The monoisotopic (exact) mass is 150 g/mol. The van der Waals surface area contributed by atoms with Gasteiger partial charge in [0.05, 0.1) is 13.8 Å². The van der Waals surface area contributed by atoms with Crippen molar-refractivity contribution >= 4 is 0 Å². The van der Waals surface area contributed by atoms with Crippen LogP contribution in [0.25, 0.3) is 0 Å². The van der Waals surface area contributed by atoms with Crippen LogP contribution >= 0.6 is 0 Å². The molecule has 0 aliphatic heterocycles. The van der Waals surface area contributed by atoms with Crippen LogP contribution in [0.4, 0.5) is 0 Å². The maximum Gasteiger partial charge on any atom is 0.0969 e. The fourth-order valence-corrected chi connectivity index (χ4v) is 0.863. The van der Waals surface area contributed by atoms with E-state index in [1.54, 1.807) is 0 Å². The fraction of sp³-hybridized carbons (Fsp3) is 0.222. The van der Waals surface area contributed by atoms with Crippen LogP contribution in [0.1, 0.15) is 5.56 Å². The highest BCUT2D eigenvalue weighted by Gasteiger charge is 1.87. The van der Waals surface area contributed by atoms with Crippen LogP contribution in [0.15, 0.2) is 30.3 Å². The molecular weight excluding hydrogens is 138 g/mol. The summed E-state index contributed by atoms with van der Waals surface area (Å²) in [6, 6.07) is 10.2. The number of ether oxygens (including phenoxy) is 1. The molecule has 2 heteroatoms. The van der Waals surface area contributed by atoms with E-state index >= 15 is 0 Å². The number of rotatable bonds is 4. The summed E-state index contributed by atoms with van der Waals surface area (Å²) >= 11 is 0. The van der Waals surface area contributed by atoms with Gasteiger partial charge in [0, 0.05) is 6.54 Å². The van der Waals surface area contributed by atoms with Crippen molar-refractivity contribution in [3.63, 3.8) is 0 Å². The zero-order valence-electron chi connectivity index (χ0n) is 6.42. The summed E-state index contributed by atoms with van der Waals surface area (Å²) in [5.41, 5.74) is 1.25. The summed E-state index contributed by atoms with van der Waals surface area (Å²) in [6.07, 6.45) is 0. The van der Waals surface area contributed by atoms with E-state index in [-0.39, 0.29) is 0 Å². The Bertz CT molecular complexity index is 186. The van der Waals surface area contributed by atoms with Crippen molar-refractivity contribution in [1.82, 2.24) is 5.32 Å². The van der Waals surface area contributed by atoms with Crippen molar-refractivity contribution in [2.75, 3.05) is 6.73 Å². The molecule has 1 aromatic rings. The van der Waals surface area contributed by atoms with Crippen molar-refractivity contribution in [3.05, 3.63) is 43.0 Å². The maximum atomic E-state index is 4.60. The molecule has 0 heterocycles. The Morgan fingerprint density at radius 3 is 2.64 bits per heavy atom. The lowest BCUT2D eigenvalue weighted by Gasteiger charge is -2.01. The lowest BCUT2D eigenvalue weighted by Crippen LogP contribution is -2.14. The average Bonchev–Trinajstić information content (AvgIpc) is 2.07. The highest BCUT2D eigenvalue weighted by Crippen LogP contribution is 1.96. The van der Waals surface area contributed by atoms with Crippen molar-refractivity contribution in [2.45, 2.75) is 6.54 Å². The summed E-state index contributed by atoms with van der Waals surface area (Å²) in [5.74, 6) is 0. The van der Waals surface area contributed by atoms with E-state index in [9.17, 15) is 0 Å². The zero-order chi connectivity index (χ0) is 7.94. The molecular formula is C9H12NO. The number of hydrogen-bond donors (Lipinski definition) is 1. The molecule has 0 saturated heterocycles. The average molecular weight is 150 g/mol. The molecule has 0 aliphatic rings. The summed E-state index contributed by atoms with van der Waals surface area (Å²) in [5, 5.41) is 3.07. The SMILES string of the molecule is [CH2]OCNCc1ccccc1. The van der Waals surface area contributed by atoms with Gasteiger partial charge in [0.15, 0.2) is 0 Å². The van der Waals surface area contributed by atoms with Crippen molar-refractivity contribution in [3.8, 4) is 0 Å². The molecule has 0 bridgehead atoms. The van der Waals surface area contributed by atoms with E-state index in [0.717, 1.165) is 6.54 Å². The van der Waals surface area contributed by atoms with Gasteiger partial charge in [-0.05, 0) is 5.56 Å². The van der Waals surface area contributed by atoms with Crippen LogP contribution < -0.4 is 5.32 Å². The van der Waals surface area contributed by atoms with Crippen LogP contribution in [0.5, 0.6) is 0 Å². The van der Waals surface area contributed by atoms with Crippen LogP contribution in [0.3, 0.4) is 0 Å². The number of hydrogen-bond acceptors (Lipinski definition) is 2. The second-order valence-electron chi connectivity index (χ2n) is 2.26. The number of nitrogens with one attached hydrogen (secondary N) is 1. The standard InChI is InChI=1S/C9H12NO/c1-11-8-10-7-9-5-3-2-4-6-9/h2-6,10H,1,7-8H2. The van der Waals surface area contributed by atoms with E-state index in [4.69, 9.17) is 0 Å². The Morgan fingerprint density at radius 2 is 2.00 bits per heavy atom. The van der Waals surface area contributed by atoms with Crippen molar-refractivity contribution in [1.29, 1.82) is 0 Å². The Kier molecular flexibility index (Phi) is 3.65. The van der Waals surface area contributed by atoms with Gasteiger partial charge in [0.25, 0.3) is 0 Å². The predicted octanol–water partition coefficient (Wildman–Crippen LogP) is 1.54. The lowest BCUT2D eigenvalue weighted by molar-refractivity contribution is 0.214. The van der Waals surface area contributed by atoms with Gasteiger partial charge in [-0.1, -0.05) is 30.3 Å². The second-order valence-corrected chi connectivity index (χ2v) is 2.26. The molecule has 0 aromatic heterocycles. The molecule has 1 N–H and O–H groups in total. The molecule has 11 heavy (non-hydrogen) atoms. The first-order valence-corrected chi connectivity index (χ1v) is 3.55.